The second-order valence-corrected chi connectivity index (χ2v) is 6.91. The number of para-hydroxylation sites is 1. The average Bonchev–Trinajstić information content (AvgIpc) is 3.20. The maximum absolute atomic E-state index is 12.6. The van der Waals surface area contributed by atoms with Gasteiger partial charge in [0.05, 0.1) is 17.9 Å². The van der Waals surface area contributed by atoms with Gasteiger partial charge in [0.15, 0.2) is 0 Å². The molecule has 0 saturated heterocycles. The summed E-state index contributed by atoms with van der Waals surface area (Å²) < 4.78 is 11.3. The zero-order chi connectivity index (χ0) is 19.8. The predicted octanol–water partition coefficient (Wildman–Crippen LogP) is 4.28. The Balaban J connectivity index is 1.61. The fourth-order valence-corrected chi connectivity index (χ4v) is 3.36. The van der Waals surface area contributed by atoms with Crippen molar-refractivity contribution in [3.05, 3.63) is 60.2 Å². The summed E-state index contributed by atoms with van der Waals surface area (Å²) in [6.07, 6.45) is 0. The van der Waals surface area contributed by atoms with Gasteiger partial charge in [-0.15, -0.1) is 10.2 Å². The molecule has 0 saturated carbocycles. The minimum Gasteiger partial charge on any atom is -0.493 e. The predicted molar refractivity (Wildman–Crippen MR) is 109 cm³/mol. The third kappa shape index (κ3) is 5.13. The fourth-order valence-electron chi connectivity index (χ4n) is 2.70. The van der Waals surface area contributed by atoms with Crippen LogP contribution in [0.3, 0.4) is 0 Å². The molecule has 0 aliphatic rings. The first-order chi connectivity index (χ1) is 13.7. The van der Waals surface area contributed by atoms with E-state index < -0.39 is 0 Å². The third-order valence-electron chi connectivity index (χ3n) is 4.09. The molecule has 0 fully saturated rings. The molecular formula is C21H23N3O3S. The zero-order valence-electron chi connectivity index (χ0n) is 16.0. The minimum absolute atomic E-state index is 0.0332. The molecule has 0 unspecified atom stereocenters. The van der Waals surface area contributed by atoms with Gasteiger partial charge >= 0.3 is 0 Å². The van der Waals surface area contributed by atoms with Crippen LogP contribution in [0.5, 0.6) is 5.75 Å². The van der Waals surface area contributed by atoms with Crippen molar-refractivity contribution in [2.75, 3.05) is 18.9 Å². The first kappa shape index (κ1) is 19.9. The maximum Gasteiger partial charge on any atom is 0.277 e. The standard InChI is InChI=1S/C21H23N3O3S/c1-3-24(14-16-10-6-5-7-11-16)19(25)15-28-21-23-22-20(27-21)17-12-8-9-13-18(17)26-4-2/h5-13H,3-4,14-15H2,1-2H3. The zero-order valence-corrected chi connectivity index (χ0v) is 16.8. The molecule has 0 atom stereocenters. The van der Waals surface area contributed by atoms with Crippen molar-refractivity contribution in [1.82, 2.24) is 15.1 Å². The van der Waals surface area contributed by atoms with Crippen LogP contribution in [0.15, 0.2) is 64.2 Å². The molecule has 0 bridgehead atoms. The summed E-state index contributed by atoms with van der Waals surface area (Å²) in [6.45, 7) is 5.68. The van der Waals surface area contributed by atoms with Crippen LogP contribution in [-0.4, -0.2) is 39.9 Å². The second kappa shape index (κ2) is 9.94. The smallest absolute Gasteiger partial charge is 0.277 e. The number of aromatic nitrogens is 2. The molecule has 1 amide bonds. The van der Waals surface area contributed by atoms with Crippen molar-refractivity contribution >= 4 is 17.7 Å². The SMILES string of the molecule is CCOc1ccccc1-c1nnc(SCC(=O)N(CC)Cc2ccccc2)o1. The number of rotatable bonds is 9. The van der Waals surface area contributed by atoms with E-state index in [0.29, 0.717) is 36.6 Å². The van der Waals surface area contributed by atoms with Crippen LogP contribution in [-0.2, 0) is 11.3 Å². The number of nitrogens with zero attached hydrogens (tertiary/aromatic N) is 3. The molecule has 1 heterocycles. The molecule has 6 nitrogen and oxygen atoms in total. The van der Waals surface area contributed by atoms with Gasteiger partial charge in [0, 0.05) is 13.1 Å². The highest BCUT2D eigenvalue weighted by Crippen LogP contribution is 2.30. The molecule has 2 aromatic carbocycles. The number of carbonyl (C=O) groups is 1. The van der Waals surface area contributed by atoms with Gasteiger partial charge in [-0.05, 0) is 31.5 Å². The molecule has 0 spiro atoms. The number of benzene rings is 2. The highest BCUT2D eigenvalue weighted by molar-refractivity contribution is 7.99. The minimum atomic E-state index is 0.0332. The molecular weight excluding hydrogens is 374 g/mol. The van der Waals surface area contributed by atoms with Crippen LogP contribution >= 0.6 is 11.8 Å². The van der Waals surface area contributed by atoms with Crippen LogP contribution in [0.25, 0.3) is 11.5 Å². The summed E-state index contributed by atoms with van der Waals surface area (Å²) in [4.78, 5) is 14.4. The number of hydrogen-bond donors (Lipinski definition) is 0. The molecule has 0 N–H and O–H groups in total. The largest absolute Gasteiger partial charge is 0.493 e. The van der Waals surface area contributed by atoms with Crippen molar-refractivity contribution in [1.29, 1.82) is 0 Å². The topological polar surface area (TPSA) is 68.5 Å². The summed E-state index contributed by atoms with van der Waals surface area (Å²) in [7, 11) is 0. The number of carbonyl (C=O) groups excluding carboxylic acids is 1. The Morgan fingerprint density at radius 3 is 2.57 bits per heavy atom. The van der Waals surface area contributed by atoms with E-state index in [1.54, 1.807) is 0 Å². The lowest BCUT2D eigenvalue weighted by Crippen LogP contribution is -2.31. The van der Waals surface area contributed by atoms with E-state index in [1.165, 1.54) is 11.8 Å². The van der Waals surface area contributed by atoms with Crippen molar-refractivity contribution in [2.45, 2.75) is 25.6 Å². The lowest BCUT2D eigenvalue weighted by atomic mass is 10.2. The van der Waals surface area contributed by atoms with Crippen LogP contribution in [0, 0.1) is 0 Å². The number of amides is 1. The Kier molecular flexibility index (Phi) is 7.08. The Labute approximate surface area is 168 Å². The van der Waals surface area contributed by atoms with Crippen LogP contribution in [0.4, 0.5) is 0 Å². The van der Waals surface area contributed by atoms with Gasteiger partial charge < -0.3 is 14.1 Å². The second-order valence-electron chi connectivity index (χ2n) is 5.98. The Morgan fingerprint density at radius 1 is 1.07 bits per heavy atom. The van der Waals surface area contributed by atoms with E-state index in [1.807, 2.05) is 73.3 Å². The van der Waals surface area contributed by atoms with E-state index in [9.17, 15) is 4.79 Å². The van der Waals surface area contributed by atoms with Gasteiger partial charge in [0.1, 0.15) is 5.75 Å². The summed E-state index contributed by atoms with van der Waals surface area (Å²) in [6, 6.07) is 17.5. The van der Waals surface area contributed by atoms with E-state index >= 15 is 0 Å². The third-order valence-corrected chi connectivity index (χ3v) is 4.90. The molecule has 0 radical (unpaired) electrons. The van der Waals surface area contributed by atoms with E-state index in [-0.39, 0.29) is 11.7 Å². The van der Waals surface area contributed by atoms with Gasteiger partial charge in [-0.1, -0.05) is 54.2 Å². The van der Waals surface area contributed by atoms with Crippen molar-refractivity contribution < 1.29 is 13.9 Å². The quantitative estimate of drug-likeness (QED) is 0.502. The van der Waals surface area contributed by atoms with Crippen molar-refractivity contribution in [2.24, 2.45) is 0 Å². The number of ether oxygens (including phenoxy) is 1. The number of hydrogen-bond acceptors (Lipinski definition) is 6. The summed E-state index contributed by atoms with van der Waals surface area (Å²) in [5.41, 5.74) is 1.85. The summed E-state index contributed by atoms with van der Waals surface area (Å²) >= 11 is 1.25. The van der Waals surface area contributed by atoms with Gasteiger partial charge in [-0.2, -0.15) is 0 Å². The normalized spacial score (nSPS) is 10.6. The molecule has 0 aliphatic heterocycles. The fraction of sp³-hybridized carbons (Fsp3) is 0.286. The highest BCUT2D eigenvalue weighted by Gasteiger charge is 2.17. The lowest BCUT2D eigenvalue weighted by molar-refractivity contribution is -0.128. The lowest BCUT2D eigenvalue weighted by Gasteiger charge is -2.20. The molecule has 146 valence electrons. The van der Waals surface area contributed by atoms with E-state index in [2.05, 4.69) is 10.2 Å². The van der Waals surface area contributed by atoms with Gasteiger partial charge in [-0.3, -0.25) is 4.79 Å². The molecule has 1 aromatic heterocycles. The molecule has 7 heteroatoms. The number of thioether (sulfide) groups is 1. The van der Waals surface area contributed by atoms with Crippen LogP contribution in [0.2, 0.25) is 0 Å². The monoisotopic (exact) mass is 397 g/mol. The Morgan fingerprint density at radius 2 is 1.82 bits per heavy atom. The van der Waals surface area contributed by atoms with E-state index in [4.69, 9.17) is 9.15 Å². The Hall–Kier alpha value is -2.80. The van der Waals surface area contributed by atoms with Crippen LogP contribution < -0.4 is 4.74 Å². The van der Waals surface area contributed by atoms with Gasteiger partial charge in [0.25, 0.3) is 11.1 Å². The highest BCUT2D eigenvalue weighted by atomic mass is 32.2. The van der Waals surface area contributed by atoms with Crippen molar-refractivity contribution in [3.63, 3.8) is 0 Å². The Bertz CT molecular complexity index is 899. The summed E-state index contributed by atoms with van der Waals surface area (Å²) in [5, 5.41) is 8.52. The van der Waals surface area contributed by atoms with Gasteiger partial charge in [0.2, 0.25) is 5.91 Å². The van der Waals surface area contributed by atoms with Crippen LogP contribution in [0.1, 0.15) is 19.4 Å². The van der Waals surface area contributed by atoms with Gasteiger partial charge in [-0.25, -0.2) is 0 Å². The summed E-state index contributed by atoms with van der Waals surface area (Å²) in [5.74, 6) is 1.36. The first-order valence-electron chi connectivity index (χ1n) is 9.21. The molecule has 3 aromatic rings. The average molecular weight is 398 g/mol. The van der Waals surface area contributed by atoms with Crippen molar-refractivity contribution in [3.8, 4) is 17.2 Å². The first-order valence-corrected chi connectivity index (χ1v) is 10.2. The van der Waals surface area contributed by atoms with E-state index in [0.717, 1.165) is 11.1 Å². The molecule has 28 heavy (non-hydrogen) atoms. The molecule has 3 rings (SSSR count). The molecule has 0 aliphatic carbocycles. The maximum atomic E-state index is 12.6.